The van der Waals surface area contributed by atoms with Gasteiger partial charge in [-0.1, -0.05) is 24.3 Å². The molecule has 2 aliphatic rings. The molecule has 0 heterocycles. The first-order valence-electron chi connectivity index (χ1n) is 9.07. The summed E-state index contributed by atoms with van der Waals surface area (Å²) in [6.07, 6.45) is 4.35. The van der Waals surface area contributed by atoms with Gasteiger partial charge in [0, 0.05) is 18.6 Å². The monoisotopic (exact) mass is 346 g/mol. The zero-order chi connectivity index (χ0) is 17.8. The number of aliphatic hydroxyl groups excluding tert-OH is 1. The number of fused-ring (bicyclic) bond motifs is 1. The summed E-state index contributed by atoms with van der Waals surface area (Å²) in [5.74, 6) is -1.01. The molecule has 2 amide bonds. The van der Waals surface area contributed by atoms with Crippen molar-refractivity contribution in [3.05, 3.63) is 35.4 Å². The molecule has 0 spiro atoms. The maximum absolute atomic E-state index is 12.4. The summed E-state index contributed by atoms with van der Waals surface area (Å²) in [4.78, 5) is 23.5. The van der Waals surface area contributed by atoms with Crippen molar-refractivity contribution in [1.29, 1.82) is 0 Å². The Bertz CT molecular complexity index is 626. The van der Waals surface area contributed by atoms with E-state index in [0.29, 0.717) is 25.7 Å². The summed E-state index contributed by atoms with van der Waals surface area (Å²) in [7, 11) is 0. The van der Waals surface area contributed by atoms with Crippen LogP contribution in [0.2, 0.25) is 0 Å². The summed E-state index contributed by atoms with van der Waals surface area (Å²) in [5.41, 5.74) is 2.30. The Morgan fingerprint density at radius 1 is 1.04 bits per heavy atom. The van der Waals surface area contributed by atoms with Crippen LogP contribution in [0.4, 0.5) is 4.79 Å². The summed E-state index contributed by atoms with van der Waals surface area (Å²) < 4.78 is 0. The number of carboxylic acids is 1. The highest BCUT2D eigenvalue weighted by Crippen LogP contribution is 2.34. The van der Waals surface area contributed by atoms with Crippen molar-refractivity contribution in [2.24, 2.45) is 11.8 Å². The van der Waals surface area contributed by atoms with E-state index in [2.05, 4.69) is 16.7 Å². The lowest BCUT2D eigenvalue weighted by molar-refractivity contribution is -0.142. The molecule has 0 aliphatic heterocycles. The zero-order valence-corrected chi connectivity index (χ0v) is 14.3. The Labute approximate surface area is 147 Å². The molecule has 1 aromatic carbocycles. The van der Waals surface area contributed by atoms with Gasteiger partial charge in [0.1, 0.15) is 0 Å². The predicted octanol–water partition coefficient (Wildman–Crippen LogP) is 2.23. The highest BCUT2D eigenvalue weighted by molar-refractivity contribution is 5.75. The first-order valence-corrected chi connectivity index (χ1v) is 9.07. The van der Waals surface area contributed by atoms with E-state index in [9.17, 15) is 14.7 Å². The van der Waals surface area contributed by atoms with Crippen LogP contribution in [0.25, 0.3) is 0 Å². The maximum Gasteiger partial charge on any atom is 0.315 e. The fourth-order valence-electron chi connectivity index (χ4n) is 4.07. The molecule has 1 aromatic rings. The molecule has 2 unspecified atom stereocenters. The van der Waals surface area contributed by atoms with Crippen molar-refractivity contribution in [2.75, 3.05) is 6.61 Å². The smallest absolute Gasteiger partial charge is 0.315 e. The molecule has 0 bridgehead atoms. The lowest BCUT2D eigenvalue weighted by Crippen LogP contribution is -2.47. The van der Waals surface area contributed by atoms with Gasteiger partial charge in [-0.2, -0.15) is 0 Å². The number of urea groups is 1. The third-order valence-electron chi connectivity index (χ3n) is 5.58. The number of carbonyl (C=O) groups excluding carboxylic acids is 1. The van der Waals surface area contributed by atoms with Crippen molar-refractivity contribution in [3.63, 3.8) is 0 Å². The quantitative estimate of drug-likeness (QED) is 0.672. The number of aliphatic carboxylic acids is 1. The molecule has 0 radical (unpaired) electrons. The molecule has 0 aromatic heterocycles. The summed E-state index contributed by atoms with van der Waals surface area (Å²) in [6, 6.07) is 7.63. The number of hydrogen-bond donors (Lipinski definition) is 4. The van der Waals surface area contributed by atoms with Gasteiger partial charge in [0.2, 0.25) is 0 Å². The molecule has 1 saturated carbocycles. The molecule has 2 atom stereocenters. The van der Waals surface area contributed by atoms with Crippen LogP contribution < -0.4 is 10.6 Å². The predicted molar refractivity (Wildman–Crippen MR) is 93.1 cm³/mol. The van der Waals surface area contributed by atoms with E-state index in [0.717, 1.165) is 18.4 Å². The average molecular weight is 346 g/mol. The molecule has 25 heavy (non-hydrogen) atoms. The molecule has 6 heteroatoms. The Balaban J connectivity index is 1.59. The molecule has 136 valence electrons. The van der Waals surface area contributed by atoms with Crippen molar-refractivity contribution >= 4 is 12.0 Å². The van der Waals surface area contributed by atoms with Crippen LogP contribution in [0.1, 0.15) is 49.3 Å². The zero-order valence-electron chi connectivity index (χ0n) is 14.3. The number of carbonyl (C=O) groups is 2. The lowest BCUT2D eigenvalue weighted by atomic mass is 9.80. The fourth-order valence-corrected chi connectivity index (χ4v) is 4.07. The van der Waals surface area contributed by atoms with Gasteiger partial charge in [-0.25, -0.2) is 4.79 Å². The SMILES string of the molecule is O=C(NC1CCC(C(=O)O)CC1)NC1c2ccccc2CCC1CO. The molecule has 4 N–H and O–H groups in total. The second-order valence-corrected chi connectivity index (χ2v) is 7.16. The topological polar surface area (TPSA) is 98.7 Å². The van der Waals surface area contributed by atoms with E-state index in [1.54, 1.807) is 0 Å². The third-order valence-corrected chi connectivity index (χ3v) is 5.58. The van der Waals surface area contributed by atoms with Gasteiger partial charge in [0.25, 0.3) is 0 Å². The number of aliphatic hydroxyl groups is 1. The van der Waals surface area contributed by atoms with E-state index in [1.807, 2.05) is 18.2 Å². The largest absolute Gasteiger partial charge is 0.481 e. The minimum Gasteiger partial charge on any atom is -0.481 e. The number of aryl methyl sites for hydroxylation is 1. The molecule has 2 aliphatic carbocycles. The number of carboxylic acid groups (broad SMARTS) is 1. The summed E-state index contributed by atoms with van der Waals surface area (Å²) in [5, 5.41) is 24.7. The minimum absolute atomic E-state index is 0.0158. The van der Waals surface area contributed by atoms with Crippen LogP contribution in [0, 0.1) is 11.8 Å². The molecular weight excluding hydrogens is 320 g/mol. The van der Waals surface area contributed by atoms with E-state index in [4.69, 9.17) is 5.11 Å². The van der Waals surface area contributed by atoms with Crippen molar-refractivity contribution < 1.29 is 19.8 Å². The van der Waals surface area contributed by atoms with Crippen LogP contribution in [0.15, 0.2) is 24.3 Å². The Hall–Kier alpha value is -2.08. The van der Waals surface area contributed by atoms with Crippen LogP contribution >= 0.6 is 0 Å². The Kier molecular flexibility index (Phi) is 5.58. The van der Waals surface area contributed by atoms with E-state index in [1.165, 1.54) is 5.56 Å². The van der Waals surface area contributed by atoms with E-state index in [-0.39, 0.29) is 36.6 Å². The Morgan fingerprint density at radius 2 is 1.76 bits per heavy atom. The number of benzene rings is 1. The number of hydrogen-bond acceptors (Lipinski definition) is 3. The first-order chi connectivity index (χ1) is 12.1. The van der Waals surface area contributed by atoms with Gasteiger partial charge in [-0.05, 0) is 49.7 Å². The van der Waals surface area contributed by atoms with Crippen molar-refractivity contribution in [3.8, 4) is 0 Å². The summed E-state index contributed by atoms with van der Waals surface area (Å²) >= 11 is 0. The van der Waals surface area contributed by atoms with Crippen molar-refractivity contribution in [2.45, 2.75) is 50.6 Å². The van der Waals surface area contributed by atoms with Crippen LogP contribution in [0.3, 0.4) is 0 Å². The van der Waals surface area contributed by atoms with Crippen LogP contribution in [0.5, 0.6) is 0 Å². The molecule has 0 saturated heterocycles. The molecule has 6 nitrogen and oxygen atoms in total. The highest BCUT2D eigenvalue weighted by Gasteiger charge is 2.31. The van der Waals surface area contributed by atoms with Crippen LogP contribution in [-0.2, 0) is 11.2 Å². The van der Waals surface area contributed by atoms with Crippen LogP contribution in [-0.4, -0.2) is 34.9 Å². The third kappa shape index (κ3) is 4.12. The molecule has 3 rings (SSSR count). The maximum atomic E-state index is 12.4. The number of rotatable bonds is 4. The molecule has 1 fully saturated rings. The minimum atomic E-state index is -0.743. The lowest BCUT2D eigenvalue weighted by Gasteiger charge is -2.34. The van der Waals surface area contributed by atoms with Gasteiger partial charge < -0.3 is 20.8 Å². The van der Waals surface area contributed by atoms with Gasteiger partial charge in [0.05, 0.1) is 12.0 Å². The summed E-state index contributed by atoms with van der Waals surface area (Å²) in [6.45, 7) is 0.0446. The first kappa shape index (κ1) is 17.7. The fraction of sp³-hybridized carbons (Fsp3) is 0.579. The van der Waals surface area contributed by atoms with E-state index >= 15 is 0 Å². The second kappa shape index (κ2) is 7.87. The van der Waals surface area contributed by atoms with Gasteiger partial charge in [-0.3, -0.25) is 4.79 Å². The number of amides is 2. The second-order valence-electron chi connectivity index (χ2n) is 7.16. The average Bonchev–Trinajstić information content (AvgIpc) is 2.62. The Morgan fingerprint density at radius 3 is 2.44 bits per heavy atom. The van der Waals surface area contributed by atoms with Crippen molar-refractivity contribution in [1.82, 2.24) is 10.6 Å². The molecular formula is C19H26N2O4. The van der Waals surface area contributed by atoms with E-state index < -0.39 is 5.97 Å². The standard InChI is InChI=1S/C19H26N2O4/c22-11-14-6-5-12-3-1-2-4-16(12)17(14)21-19(25)20-15-9-7-13(8-10-15)18(23)24/h1-4,13-15,17,22H,5-11H2,(H,23,24)(H2,20,21,25). The van der Waals surface area contributed by atoms with Gasteiger partial charge in [0.15, 0.2) is 0 Å². The van der Waals surface area contributed by atoms with Gasteiger partial charge >= 0.3 is 12.0 Å². The number of nitrogens with one attached hydrogen (secondary N) is 2. The van der Waals surface area contributed by atoms with Gasteiger partial charge in [-0.15, -0.1) is 0 Å². The normalized spacial score (nSPS) is 28.7. The highest BCUT2D eigenvalue weighted by atomic mass is 16.4.